The standard InChI is InChI=1S/C13H17NO3/c1-13(2)7-17-10-6-8(16-4)5-9(11(10)13)12(15)14-3/h5-6H,7H2,1-4H3,(H,14,15). The Morgan fingerprint density at radius 3 is 2.76 bits per heavy atom. The first-order valence-electron chi connectivity index (χ1n) is 5.57. The number of benzene rings is 1. The van der Waals surface area contributed by atoms with Crippen molar-refractivity contribution in [2.24, 2.45) is 0 Å². The van der Waals surface area contributed by atoms with Crippen LogP contribution in [0.15, 0.2) is 12.1 Å². The predicted molar refractivity (Wildman–Crippen MR) is 64.9 cm³/mol. The summed E-state index contributed by atoms with van der Waals surface area (Å²) >= 11 is 0. The zero-order valence-corrected chi connectivity index (χ0v) is 10.6. The van der Waals surface area contributed by atoms with Crippen LogP contribution in [0.4, 0.5) is 0 Å². The molecule has 0 aliphatic carbocycles. The highest BCUT2D eigenvalue weighted by Gasteiger charge is 2.36. The molecule has 0 fully saturated rings. The largest absolute Gasteiger partial charge is 0.497 e. The lowest BCUT2D eigenvalue weighted by atomic mass is 9.83. The zero-order chi connectivity index (χ0) is 12.6. The molecule has 4 heteroatoms. The van der Waals surface area contributed by atoms with Crippen LogP contribution in [0.5, 0.6) is 11.5 Å². The average Bonchev–Trinajstić information content (AvgIpc) is 2.63. The summed E-state index contributed by atoms with van der Waals surface area (Å²) in [7, 11) is 3.20. The third kappa shape index (κ3) is 1.84. The summed E-state index contributed by atoms with van der Waals surface area (Å²) in [5.74, 6) is 1.27. The summed E-state index contributed by atoms with van der Waals surface area (Å²) in [5, 5.41) is 2.65. The molecule has 0 saturated carbocycles. The summed E-state index contributed by atoms with van der Waals surface area (Å²) in [6.45, 7) is 4.72. The minimum absolute atomic E-state index is 0.112. The third-order valence-corrected chi connectivity index (χ3v) is 3.05. The molecule has 1 heterocycles. The zero-order valence-electron chi connectivity index (χ0n) is 10.6. The van der Waals surface area contributed by atoms with E-state index >= 15 is 0 Å². The molecule has 1 aliphatic rings. The van der Waals surface area contributed by atoms with Crippen LogP contribution in [-0.2, 0) is 5.41 Å². The van der Waals surface area contributed by atoms with E-state index in [2.05, 4.69) is 19.2 Å². The van der Waals surface area contributed by atoms with Gasteiger partial charge in [0.2, 0.25) is 0 Å². The normalized spacial score (nSPS) is 16.0. The summed E-state index contributed by atoms with van der Waals surface area (Å²) in [6, 6.07) is 3.59. The highest BCUT2D eigenvalue weighted by Crippen LogP contribution is 2.42. The molecule has 0 spiro atoms. The van der Waals surface area contributed by atoms with Crippen molar-refractivity contribution in [1.82, 2.24) is 5.32 Å². The second kappa shape index (κ2) is 3.95. The monoisotopic (exact) mass is 235 g/mol. The summed E-state index contributed by atoms with van der Waals surface area (Å²) in [4.78, 5) is 11.9. The van der Waals surface area contributed by atoms with Crippen LogP contribution >= 0.6 is 0 Å². The molecular formula is C13H17NO3. The first kappa shape index (κ1) is 11.8. The Hall–Kier alpha value is -1.71. The van der Waals surface area contributed by atoms with E-state index in [1.807, 2.05) is 6.07 Å². The van der Waals surface area contributed by atoms with Crippen molar-refractivity contribution < 1.29 is 14.3 Å². The lowest BCUT2D eigenvalue weighted by Crippen LogP contribution is -2.25. The number of carbonyl (C=O) groups is 1. The van der Waals surface area contributed by atoms with Gasteiger partial charge in [-0.2, -0.15) is 0 Å². The van der Waals surface area contributed by atoms with E-state index in [4.69, 9.17) is 9.47 Å². The van der Waals surface area contributed by atoms with Gasteiger partial charge in [0.15, 0.2) is 0 Å². The van der Waals surface area contributed by atoms with Crippen LogP contribution in [0.25, 0.3) is 0 Å². The van der Waals surface area contributed by atoms with Crippen molar-refractivity contribution in [3.8, 4) is 11.5 Å². The number of carbonyl (C=O) groups excluding carboxylic acids is 1. The fourth-order valence-corrected chi connectivity index (χ4v) is 2.16. The Morgan fingerprint density at radius 1 is 1.47 bits per heavy atom. The van der Waals surface area contributed by atoms with Gasteiger partial charge in [0, 0.05) is 24.1 Å². The molecule has 0 unspecified atom stereocenters. The van der Waals surface area contributed by atoms with Crippen molar-refractivity contribution in [3.63, 3.8) is 0 Å². The quantitative estimate of drug-likeness (QED) is 0.849. The number of nitrogens with one attached hydrogen (secondary N) is 1. The van der Waals surface area contributed by atoms with Crippen molar-refractivity contribution >= 4 is 5.91 Å². The number of rotatable bonds is 2. The number of hydrogen-bond donors (Lipinski definition) is 1. The van der Waals surface area contributed by atoms with Gasteiger partial charge in [0.05, 0.1) is 19.3 Å². The Labute approximate surface area is 101 Å². The van der Waals surface area contributed by atoms with E-state index in [0.29, 0.717) is 17.9 Å². The molecule has 0 radical (unpaired) electrons. The Balaban J connectivity index is 2.64. The van der Waals surface area contributed by atoms with Gasteiger partial charge >= 0.3 is 0 Å². The van der Waals surface area contributed by atoms with Crippen LogP contribution in [-0.4, -0.2) is 26.7 Å². The van der Waals surface area contributed by atoms with E-state index in [1.54, 1.807) is 20.2 Å². The Morgan fingerprint density at radius 2 is 2.18 bits per heavy atom. The third-order valence-electron chi connectivity index (χ3n) is 3.05. The van der Waals surface area contributed by atoms with Gasteiger partial charge in [0.1, 0.15) is 11.5 Å². The number of methoxy groups -OCH3 is 1. The van der Waals surface area contributed by atoms with E-state index in [-0.39, 0.29) is 11.3 Å². The van der Waals surface area contributed by atoms with Crippen molar-refractivity contribution in [2.75, 3.05) is 20.8 Å². The summed E-state index contributed by atoms with van der Waals surface area (Å²) in [5.41, 5.74) is 1.44. The minimum Gasteiger partial charge on any atom is -0.497 e. The lowest BCUT2D eigenvalue weighted by molar-refractivity contribution is 0.0961. The second-order valence-electron chi connectivity index (χ2n) is 4.80. The molecule has 17 heavy (non-hydrogen) atoms. The van der Waals surface area contributed by atoms with Gasteiger partial charge in [-0.05, 0) is 6.07 Å². The van der Waals surface area contributed by atoms with Crippen molar-refractivity contribution in [2.45, 2.75) is 19.3 Å². The van der Waals surface area contributed by atoms with E-state index in [1.165, 1.54) is 0 Å². The highest BCUT2D eigenvalue weighted by atomic mass is 16.5. The maximum absolute atomic E-state index is 11.9. The smallest absolute Gasteiger partial charge is 0.251 e. The van der Waals surface area contributed by atoms with Gasteiger partial charge in [0.25, 0.3) is 5.91 Å². The SMILES string of the molecule is CNC(=O)c1cc(OC)cc2c1C(C)(C)CO2. The summed E-state index contributed by atoms with van der Waals surface area (Å²) in [6.07, 6.45) is 0. The molecule has 0 saturated heterocycles. The van der Waals surface area contributed by atoms with Crippen LogP contribution < -0.4 is 14.8 Å². The van der Waals surface area contributed by atoms with Gasteiger partial charge in [-0.15, -0.1) is 0 Å². The van der Waals surface area contributed by atoms with Gasteiger partial charge in [-0.25, -0.2) is 0 Å². The number of amides is 1. The average molecular weight is 235 g/mol. The topological polar surface area (TPSA) is 47.6 Å². The number of fused-ring (bicyclic) bond motifs is 1. The molecule has 4 nitrogen and oxygen atoms in total. The molecule has 92 valence electrons. The molecule has 1 aromatic carbocycles. The van der Waals surface area contributed by atoms with Gasteiger partial charge in [-0.1, -0.05) is 13.8 Å². The van der Waals surface area contributed by atoms with Crippen LogP contribution in [0, 0.1) is 0 Å². The van der Waals surface area contributed by atoms with Gasteiger partial charge < -0.3 is 14.8 Å². The molecule has 1 amide bonds. The number of ether oxygens (including phenoxy) is 2. The van der Waals surface area contributed by atoms with Crippen LogP contribution in [0.3, 0.4) is 0 Å². The van der Waals surface area contributed by atoms with Crippen LogP contribution in [0.2, 0.25) is 0 Å². The first-order valence-corrected chi connectivity index (χ1v) is 5.57. The van der Waals surface area contributed by atoms with Gasteiger partial charge in [-0.3, -0.25) is 4.79 Å². The molecule has 2 rings (SSSR count). The predicted octanol–water partition coefficient (Wildman–Crippen LogP) is 1.72. The van der Waals surface area contributed by atoms with Crippen molar-refractivity contribution in [1.29, 1.82) is 0 Å². The van der Waals surface area contributed by atoms with E-state index in [0.717, 1.165) is 11.3 Å². The molecular weight excluding hydrogens is 218 g/mol. The molecule has 1 aromatic rings. The van der Waals surface area contributed by atoms with Crippen LogP contribution in [0.1, 0.15) is 29.8 Å². The molecule has 0 bridgehead atoms. The molecule has 0 aromatic heterocycles. The molecule has 1 N–H and O–H groups in total. The maximum Gasteiger partial charge on any atom is 0.251 e. The first-order chi connectivity index (χ1) is 7.99. The maximum atomic E-state index is 11.9. The molecule has 1 aliphatic heterocycles. The van der Waals surface area contributed by atoms with E-state index in [9.17, 15) is 4.79 Å². The molecule has 0 atom stereocenters. The summed E-state index contributed by atoms with van der Waals surface area (Å²) < 4.78 is 10.8. The van der Waals surface area contributed by atoms with E-state index < -0.39 is 0 Å². The number of hydrogen-bond acceptors (Lipinski definition) is 3. The Bertz CT molecular complexity index is 466. The fraction of sp³-hybridized carbons (Fsp3) is 0.462. The second-order valence-corrected chi connectivity index (χ2v) is 4.80. The lowest BCUT2D eigenvalue weighted by Gasteiger charge is -2.18. The minimum atomic E-state index is -0.149. The van der Waals surface area contributed by atoms with Crippen molar-refractivity contribution in [3.05, 3.63) is 23.3 Å². The highest BCUT2D eigenvalue weighted by molar-refractivity contribution is 5.97. The fourth-order valence-electron chi connectivity index (χ4n) is 2.16. The Kier molecular flexibility index (Phi) is 2.73.